The predicted octanol–water partition coefficient (Wildman–Crippen LogP) is 8.18. The second-order valence-electron chi connectivity index (χ2n) is 10.4. The maximum absolute atomic E-state index is 15.4. The number of aryl methyl sites for hydroxylation is 1. The largest absolute Gasteiger partial charge is 0.300 e. The summed E-state index contributed by atoms with van der Waals surface area (Å²) in [5.41, 5.74) is 5.36. The third kappa shape index (κ3) is 6.09. The quantitative estimate of drug-likeness (QED) is 0.297. The average Bonchev–Trinajstić information content (AvgIpc) is 3.20. The predicted molar refractivity (Wildman–Crippen MR) is 142 cm³/mol. The molecule has 3 aromatic rings. The van der Waals surface area contributed by atoms with Crippen molar-refractivity contribution in [3.8, 4) is 22.4 Å². The van der Waals surface area contributed by atoms with Gasteiger partial charge in [0.15, 0.2) is 0 Å². The first-order valence-electron chi connectivity index (χ1n) is 13.4. The molecule has 0 saturated heterocycles. The standard InChI is InChI=1S/C31H39FN2O/c1-4-10-28-29(27-16-8-11-22(2)30(27)32)31(26-14-6-5-7-15-26)33-34(28)21-25-19-17-24(18-20-25)13-9-12-23(3)35/h5-8,11,14-16,24-25H,4,9-10,12-13,17-21H2,1-3H3. The first kappa shape index (κ1) is 25.3. The number of carbonyl (C=O) groups is 1. The van der Waals surface area contributed by atoms with Crippen molar-refractivity contribution in [2.24, 2.45) is 11.8 Å². The van der Waals surface area contributed by atoms with Gasteiger partial charge in [0.25, 0.3) is 0 Å². The van der Waals surface area contributed by atoms with Gasteiger partial charge >= 0.3 is 0 Å². The summed E-state index contributed by atoms with van der Waals surface area (Å²) >= 11 is 0. The van der Waals surface area contributed by atoms with Gasteiger partial charge in [0, 0.05) is 35.3 Å². The van der Waals surface area contributed by atoms with Crippen LogP contribution < -0.4 is 0 Å². The molecule has 3 nitrogen and oxygen atoms in total. The molecule has 1 aromatic heterocycles. The summed E-state index contributed by atoms with van der Waals surface area (Å²) in [5, 5.41) is 5.14. The summed E-state index contributed by atoms with van der Waals surface area (Å²) < 4.78 is 17.6. The molecule has 1 aliphatic rings. The Kier molecular flexibility index (Phi) is 8.54. The van der Waals surface area contributed by atoms with Crippen LogP contribution in [0.4, 0.5) is 4.39 Å². The minimum atomic E-state index is -0.146. The highest BCUT2D eigenvalue weighted by atomic mass is 19.1. The number of aromatic nitrogens is 2. The van der Waals surface area contributed by atoms with Gasteiger partial charge in [0.1, 0.15) is 17.3 Å². The molecule has 0 spiro atoms. The molecule has 0 radical (unpaired) electrons. The van der Waals surface area contributed by atoms with Crippen LogP contribution >= 0.6 is 0 Å². The highest BCUT2D eigenvalue weighted by Crippen LogP contribution is 2.39. The number of benzene rings is 2. The number of hydrogen-bond acceptors (Lipinski definition) is 2. The highest BCUT2D eigenvalue weighted by molar-refractivity contribution is 5.83. The van der Waals surface area contributed by atoms with Crippen molar-refractivity contribution < 1.29 is 9.18 Å². The fraction of sp³-hybridized carbons (Fsp3) is 0.484. The summed E-state index contributed by atoms with van der Waals surface area (Å²) in [6, 6.07) is 15.9. The van der Waals surface area contributed by atoms with Crippen LogP contribution in [-0.4, -0.2) is 15.6 Å². The molecular weight excluding hydrogens is 435 g/mol. The Balaban J connectivity index is 1.62. The SMILES string of the molecule is CCCc1c(-c2cccc(C)c2F)c(-c2ccccc2)nn1CC1CCC(CCCC(C)=O)CC1. The number of Topliss-reactive ketones (excluding diaryl/α,β-unsaturated/α-hetero) is 1. The first-order valence-corrected chi connectivity index (χ1v) is 13.4. The Morgan fingerprint density at radius 2 is 1.74 bits per heavy atom. The lowest BCUT2D eigenvalue weighted by atomic mass is 9.79. The molecule has 0 atom stereocenters. The summed E-state index contributed by atoms with van der Waals surface area (Å²) in [5.74, 6) is 1.49. The lowest BCUT2D eigenvalue weighted by Gasteiger charge is -2.29. The van der Waals surface area contributed by atoms with Crippen molar-refractivity contribution in [1.29, 1.82) is 0 Å². The molecule has 0 aliphatic heterocycles. The van der Waals surface area contributed by atoms with Gasteiger partial charge in [0.2, 0.25) is 0 Å². The molecule has 4 rings (SSSR count). The molecule has 0 bridgehead atoms. The Morgan fingerprint density at radius 3 is 2.43 bits per heavy atom. The Hall–Kier alpha value is -2.75. The number of ketones is 1. The van der Waals surface area contributed by atoms with Crippen molar-refractivity contribution in [3.05, 3.63) is 65.6 Å². The Labute approximate surface area is 209 Å². The minimum absolute atomic E-state index is 0.146. The van der Waals surface area contributed by atoms with Crippen LogP contribution in [-0.2, 0) is 17.8 Å². The van der Waals surface area contributed by atoms with Crippen molar-refractivity contribution in [2.75, 3.05) is 0 Å². The smallest absolute Gasteiger partial charge is 0.134 e. The molecule has 1 aliphatic carbocycles. The zero-order chi connectivity index (χ0) is 24.8. The maximum atomic E-state index is 15.4. The van der Waals surface area contributed by atoms with Gasteiger partial charge in [-0.1, -0.05) is 81.1 Å². The second-order valence-corrected chi connectivity index (χ2v) is 10.4. The van der Waals surface area contributed by atoms with E-state index in [0.29, 0.717) is 29.2 Å². The Morgan fingerprint density at radius 1 is 1.03 bits per heavy atom. The number of nitrogens with zero attached hydrogens (tertiary/aromatic N) is 2. The Bertz CT molecular complexity index is 1130. The molecular formula is C31H39FN2O. The van der Waals surface area contributed by atoms with E-state index in [2.05, 4.69) is 23.7 Å². The monoisotopic (exact) mass is 474 g/mol. The number of halogens is 1. The van der Waals surface area contributed by atoms with Crippen molar-refractivity contribution in [1.82, 2.24) is 9.78 Å². The van der Waals surface area contributed by atoms with Crippen LogP contribution in [0.2, 0.25) is 0 Å². The number of hydrogen-bond donors (Lipinski definition) is 0. The van der Waals surface area contributed by atoms with Crippen LogP contribution in [0, 0.1) is 24.6 Å². The zero-order valence-electron chi connectivity index (χ0n) is 21.5. The van der Waals surface area contributed by atoms with E-state index < -0.39 is 0 Å². The molecule has 0 amide bonds. The van der Waals surface area contributed by atoms with Gasteiger partial charge in [-0.15, -0.1) is 0 Å². The van der Waals surface area contributed by atoms with Crippen LogP contribution in [0.15, 0.2) is 48.5 Å². The normalized spacial score (nSPS) is 18.1. The van der Waals surface area contributed by atoms with Gasteiger partial charge in [-0.2, -0.15) is 5.10 Å². The van der Waals surface area contributed by atoms with Crippen LogP contribution in [0.1, 0.15) is 76.5 Å². The maximum Gasteiger partial charge on any atom is 0.134 e. The van der Waals surface area contributed by atoms with E-state index >= 15 is 4.39 Å². The summed E-state index contributed by atoms with van der Waals surface area (Å²) in [7, 11) is 0. The van der Waals surface area contributed by atoms with Gasteiger partial charge in [-0.05, 0) is 56.9 Å². The summed E-state index contributed by atoms with van der Waals surface area (Å²) in [6.07, 6.45) is 9.65. The van der Waals surface area contributed by atoms with E-state index in [4.69, 9.17) is 5.10 Å². The molecule has 1 heterocycles. The fourth-order valence-corrected chi connectivity index (χ4v) is 5.65. The van der Waals surface area contributed by atoms with Gasteiger partial charge in [-0.3, -0.25) is 4.68 Å². The molecule has 1 fully saturated rings. The van der Waals surface area contributed by atoms with E-state index in [0.717, 1.165) is 54.2 Å². The average molecular weight is 475 g/mol. The molecule has 0 N–H and O–H groups in total. The molecule has 1 saturated carbocycles. The fourth-order valence-electron chi connectivity index (χ4n) is 5.65. The van der Waals surface area contributed by atoms with E-state index in [1.54, 1.807) is 6.92 Å². The van der Waals surface area contributed by atoms with Gasteiger partial charge in [0.05, 0.1) is 0 Å². The molecule has 2 aromatic carbocycles. The topological polar surface area (TPSA) is 34.9 Å². The minimum Gasteiger partial charge on any atom is -0.300 e. The van der Waals surface area contributed by atoms with E-state index in [9.17, 15) is 4.79 Å². The first-order chi connectivity index (χ1) is 17.0. The van der Waals surface area contributed by atoms with Crippen LogP contribution in [0.5, 0.6) is 0 Å². The van der Waals surface area contributed by atoms with Crippen molar-refractivity contribution in [3.63, 3.8) is 0 Å². The zero-order valence-corrected chi connectivity index (χ0v) is 21.5. The van der Waals surface area contributed by atoms with Crippen LogP contribution in [0.3, 0.4) is 0 Å². The highest BCUT2D eigenvalue weighted by Gasteiger charge is 2.26. The third-order valence-electron chi connectivity index (χ3n) is 7.59. The lowest BCUT2D eigenvalue weighted by molar-refractivity contribution is -0.117. The van der Waals surface area contributed by atoms with Gasteiger partial charge < -0.3 is 4.79 Å². The molecule has 186 valence electrons. The van der Waals surface area contributed by atoms with E-state index in [1.165, 1.54) is 32.1 Å². The lowest BCUT2D eigenvalue weighted by Crippen LogP contribution is -2.21. The van der Waals surface area contributed by atoms with E-state index in [1.807, 2.05) is 43.3 Å². The van der Waals surface area contributed by atoms with Gasteiger partial charge in [-0.25, -0.2) is 4.39 Å². The molecule has 0 unspecified atom stereocenters. The van der Waals surface area contributed by atoms with E-state index in [-0.39, 0.29) is 5.82 Å². The molecule has 4 heteroatoms. The molecule has 35 heavy (non-hydrogen) atoms. The van der Waals surface area contributed by atoms with Crippen molar-refractivity contribution in [2.45, 2.75) is 85.1 Å². The summed E-state index contributed by atoms with van der Waals surface area (Å²) in [4.78, 5) is 11.3. The second kappa shape index (κ2) is 11.8. The summed E-state index contributed by atoms with van der Waals surface area (Å²) in [6.45, 7) is 6.60. The van der Waals surface area contributed by atoms with Crippen LogP contribution in [0.25, 0.3) is 22.4 Å². The number of rotatable bonds is 10. The number of carbonyl (C=O) groups excluding carboxylic acids is 1. The third-order valence-corrected chi connectivity index (χ3v) is 7.59. The van der Waals surface area contributed by atoms with Crippen molar-refractivity contribution >= 4 is 5.78 Å².